The molecule has 0 aliphatic carbocycles. The highest BCUT2D eigenvalue weighted by molar-refractivity contribution is 6.31. The fourth-order valence-electron chi connectivity index (χ4n) is 2.50. The van der Waals surface area contributed by atoms with E-state index in [-0.39, 0.29) is 0 Å². The Hall–Kier alpha value is -1.10. The Morgan fingerprint density at radius 2 is 2.10 bits per heavy atom. The number of likely N-dealkylation sites (tertiary alicyclic amines) is 1. The number of primary amides is 1. The van der Waals surface area contributed by atoms with Crippen molar-refractivity contribution in [1.29, 1.82) is 0 Å². The molecule has 1 saturated heterocycles. The maximum absolute atomic E-state index is 11.0. The first kappa shape index (κ1) is 15.3. The van der Waals surface area contributed by atoms with Gasteiger partial charge in [0.15, 0.2) is 0 Å². The second-order valence-electron chi connectivity index (χ2n) is 5.25. The molecule has 0 unspecified atom stereocenters. The van der Waals surface area contributed by atoms with E-state index in [0.29, 0.717) is 10.6 Å². The minimum atomic E-state index is -0.447. The van der Waals surface area contributed by atoms with Crippen LogP contribution in [0.1, 0.15) is 35.2 Å². The van der Waals surface area contributed by atoms with Gasteiger partial charge in [-0.15, -0.1) is 0 Å². The number of hydrogen-bond acceptors (Lipinski definition) is 3. The van der Waals surface area contributed by atoms with Gasteiger partial charge < -0.3 is 16.0 Å². The summed E-state index contributed by atoms with van der Waals surface area (Å²) in [6.45, 7) is 5.37. The molecule has 0 spiro atoms. The average molecular weight is 296 g/mol. The largest absolute Gasteiger partial charge is 0.366 e. The van der Waals surface area contributed by atoms with Crippen molar-refractivity contribution in [2.24, 2.45) is 5.73 Å². The predicted octanol–water partition coefficient (Wildman–Crippen LogP) is 2.01. The summed E-state index contributed by atoms with van der Waals surface area (Å²) in [5, 5.41) is 3.98. The summed E-state index contributed by atoms with van der Waals surface area (Å²) in [5.74, 6) is -0.447. The number of hydrogen-bond donors (Lipinski definition) is 2. The number of benzene rings is 1. The lowest BCUT2D eigenvalue weighted by Crippen LogP contribution is -2.24. The minimum Gasteiger partial charge on any atom is -0.366 e. The summed E-state index contributed by atoms with van der Waals surface area (Å²) < 4.78 is 0. The molecule has 0 bridgehead atoms. The van der Waals surface area contributed by atoms with Gasteiger partial charge in [-0.3, -0.25) is 4.79 Å². The van der Waals surface area contributed by atoms with Gasteiger partial charge in [0.2, 0.25) is 5.91 Å². The van der Waals surface area contributed by atoms with Crippen LogP contribution in [0, 0.1) is 0 Å². The smallest absolute Gasteiger partial charge is 0.248 e. The predicted molar refractivity (Wildman–Crippen MR) is 82.0 cm³/mol. The maximum atomic E-state index is 11.0. The molecule has 4 nitrogen and oxygen atoms in total. The number of rotatable bonds is 7. The van der Waals surface area contributed by atoms with Crippen LogP contribution in [0.25, 0.3) is 0 Å². The van der Waals surface area contributed by atoms with E-state index in [4.69, 9.17) is 17.3 Å². The average Bonchev–Trinajstić information content (AvgIpc) is 2.93. The van der Waals surface area contributed by atoms with E-state index < -0.39 is 5.91 Å². The van der Waals surface area contributed by atoms with Crippen LogP contribution in [0.4, 0.5) is 0 Å². The van der Waals surface area contributed by atoms with Crippen LogP contribution in [-0.4, -0.2) is 37.0 Å². The molecule has 110 valence electrons. The fourth-order valence-corrected chi connectivity index (χ4v) is 2.75. The van der Waals surface area contributed by atoms with Crippen LogP contribution in [-0.2, 0) is 6.54 Å². The summed E-state index contributed by atoms with van der Waals surface area (Å²) >= 11 is 6.13. The fraction of sp³-hybridized carbons (Fsp3) is 0.533. The number of nitrogens with two attached hydrogens (primary N) is 1. The Bertz CT molecular complexity index is 458. The van der Waals surface area contributed by atoms with Crippen molar-refractivity contribution in [3.8, 4) is 0 Å². The molecule has 0 aromatic heterocycles. The monoisotopic (exact) mass is 295 g/mol. The highest BCUT2D eigenvalue weighted by Gasteiger charge is 2.10. The van der Waals surface area contributed by atoms with Crippen molar-refractivity contribution in [3.63, 3.8) is 0 Å². The van der Waals surface area contributed by atoms with Gasteiger partial charge in [-0.05, 0) is 63.1 Å². The number of amides is 1. The van der Waals surface area contributed by atoms with Crippen molar-refractivity contribution >= 4 is 17.5 Å². The number of carbonyl (C=O) groups is 1. The Kier molecular flexibility index (Phi) is 5.83. The molecule has 3 N–H and O–H groups in total. The number of nitrogens with one attached hydrogen (secondary N) is 1. The molecule has 0 saturated carbocycles. The van der Waals surface area contributed by atoms with Crippen LogP contribution in [0.15, 0.2) is 18.2 Å². The van der Waals surface area contributed by atoms with Gasteiger partial charge in [0.25, 0.3) is 0 Å². The topological polar surface area (TPSA) is 58.4 Å². The van der Waals surface area contributed by atoms with E-state index in [1.165, 1.54) is 32.5 Å². The number of nitrogens with zero attached hydrogens (tertiary/aromatic N) is 1. The molecule has 1 aliphatic rings. The summed E-state index contributed by atoms with van der Waals surface area (Å²) in [7, 11) is 0. The minimum absolute atomic E-state index is 0.447. The quantitative estimate of drug-likeness (QED) is 0.757. The van der Waals surface area contributed by atoms with E-state index in [9.17, 15) is 4.79 Å². The Morgan fingerprint density at radius 1 is 1.35 bits per heavy atom. The first-order valence-corrected chi connectivity index (χ1v) is 7.56. The van der Waals surface area contributed by atoms with E-state index in [1.807, 2.05) is 6.07 Å². The maximum Gasteiger partial charge on any atom is 0.248 e. The summed E-state index contributed by atoms with van der Waals surface area (Å²) in [6.07, 6.45) is 3.83. The molecular weight excluding hydrogens is 274 g/mol. The molecule has 1 aromatic rings. The third-order valence-electron chi connectivity index (χ3n) is 3.68. The lowest BCUT2D eigenvalue weighted by molar-refractivity contribution is 0.100. The van der Waals surface area contributed by atoms with Gasteiger partial charge >= 0.3 is 0 Å². The van der Waals surface area contributed by atoms with Crippen LogP contribution in [0.3, 0.4) is 0 Å². The van der Waals surface area contributed by atoms with Crippen LogP contribution in [0.2, 0.25) is 5.02 Å². The number of halogens is 1. The normalized spacial score (nSPS) is 15.7. The Morgan fingerprint density at radius 3 is 2.75 bits per heavy atom. The lowest BCUT2D eigenvalue weighted by atomic mass is 10.1. The molecule has 1 aliphatic heterocycles. The second-order valence-corrected chi connectivity index (χ2v) is 5.66. The number of carbonyl (C=O) groups excluding carboxylic acids is 1. The third-order valence-corrected chi connectivity index (χ3v) is 4.03. The van der Waals surface area contributed by atoms with Gasteiger partial charge in [-0.1, -0.05) is 17.7 Å². The van der Waals surface area contributed by atoms with Crippen LogP contribution < -0.4 is 11.1 Å². The molecule has 1 amide bonds. The van der Waals surface area contributed by atoms with E-state index in [1.54, 1.807) is 12.1 Å². The first-order chi connectivity index (χ1) is 9.66. The molecule has 1 fully saturated rings. The molecule has 1 heterocycles. The van der Waals surface area contributed by atoms with E-state index >= 15 is 0 Å². The van der Waals surface area contributed by atoms with Gasteiger partial charge in [0.05, 0.1) is 0 Å². The first-order valence-electron chi connectivity index (χ1n) is 7.18. The third kappa shape index (κ3) is 4.47. The zero-order valence-corrected chi connectivity index (χ0v) is 12.5. The zero-order valence-electron chi connectivity index (χ0n) is 11.7. The molecule has 20 heavy (non-hydrogen) atoms. The molecule has 0 atom stereocenters. The van der Waals surface area contributed by atoms with Gasteiger partial charge in [-0.25, -0.2) is 0 Å². The summed E-state index contributed by atoms with van der Waals surface area (Å²) in [5.41, 5.74) is 6.66. The van der Waals surface area contributed by atoms with Crippen molar-refractivity contribution in [2.75, 3.05) is 26.2 Å². The van der Waals surface area contributed by atoms with Gasteiger partial charge in [0.1, 0.15) is 0 Å². The van der Waals surface area contributed by atoms with Gasteiger partial charge in [-0.2, -0.15) is 0 Å². The van der Waals surface area contributed by atoms with Crippen molar-refractivity contribution in [3.05, 3.63) is 34.3 Å². The zero-order chi connectivity index (χ0) is 14.4. The van der Waals surface area contributed by atoms with Crippen LogP contribution >= 0.6 is 11.6 Å². The highest BCUT2D eigenvalue weighted by Crippen LogP contribution is 2.17. The van der Waals surface area contributed by atoms with Gasteiger partial charge in [0, 0.05) is 17.1 Å². The molecular formula is C15H22ClN3O. The van der Waals surface area contributed by atoms with Crippen molar-refractivity contribution in [2.45, 2.75) is 25.8 Å². The molecule has 2 rings (SSSR count). The van der Waals surface area contributed by atoms with E-state index in [0.717, 1.165) is 25.1 Å². The molecule has 5 heteroatoms. The lowest BCUT2D eigenvalue weighted by Gasteiger charge is -2.14. The highest BCUT2D eigenvalue weighted by atomic mass is 35.5. The summed E-state index contributed by atoms with van der Waals surface area (Å²) in [6, 6.07) is 5.20. The van der Waals surface area contributed by atoms with Crippen LogP contribution in [0.5, 0.6) is 0 Å². The Labute approximate surface area is 125 Å². The summed E-state index contributed by atoms with van der Waals surface area (Å²) in [4.78, 5) is 13.5. The van der Waals surface area contributed by atoms with Crippen molar-refractivity contribution in [1.82, 2.24) is 10.2 Å². The molecule has 0 radical (unpaired) electrons. The second kappa shape index (κ2) is 7.62. The van der Waals surface area contributed by atoms with Crippen molar-refractivity contribution < 1.29 is 4.79 Å². The SMILES string of the molecule is NC(=O)c1ccc(CNCCCN2CCCC2)c(Cl)c1. The molecule has 1 aromatic carbocycles. The Balaban J connectivity index is 1.69. The van der Waals surface area contributed by atoms with E-state index in [2.05, 4.69) is 10.2 Å². The standard InChI is InChI=1S/C15H22ClN3O/c16-14-10-12(15(17)20)4-5-13(14)11-18-6-3-9-19-7-1-2-8-19/h4-5,10,18H,1-3,6-9,11H2,(H2,17,20).